The van der Waals surface area contributed by atoms with Crippen LogP contribution in [0.3, 0.4) is 0 Å². The van der Waals surface area contributed by atoms with Crippen molar-refractivity contribution in [3.8, 4) is 28.0 Å². The van der Waals surface area contributed by atoms with Crippen molar-refractivity contribution in [1.82, 2.24) is 19.9 Å². The van der Waals surface area contributed by atoms with Gasteiger partial charge in [0.05, 0.1) is 44.0 Å². The number of aryl methyl sites for hydroxylation is 2. The van der Waals surface area contributed by atoms with Crippen LogP contribution in [0.15, 0.2) is 48.8 Å². The average molecular weight is 702 g/mol. The third-order valence-electron chi connectivity index (χ3n) is 8.65. The Bertz CT molecular complexity index is 2020. The van der Waals surface area contributed by atoms with E-state index in [1.807, 2.05) is 0 Å². The fourth-order valence-corrected chi connectivity index (χ4v) is 6.12. The van der Waals surface area contributed by atoms with E-state index in [9.17, 15) is 36.6 Å². The predicted octanol–water partition coefficient (Wildman–Crippen LogP) is 7.22. The van der Waals surface area contributed by atoms with Crippen molar-refractivity contribution in [1.29, 1.82) is 0 Å². The van der Waals surface area contributed by atoms with Crippen LogP contribution in [0, 0.1) is 19.7 Å². The fourth-order valence-electron chi connectivity index (χ4n) is 6.12. The molecule has 1 unspecified atom stereocenters. The molecule has 0 spiro atoms. The van der Waals surface area contributed by atoms with Crippen molar-refractivity contribution in [3.63, 3.8) is 0 Å². The summed E-state index contributed by atoms with van der Waals surface area (Å²) in [5.74, 6) is -4.98. The number of carboxylic acids is 1. The molecule has 0 aliphatic carbocycles. The molecule has 50 heavy (non-hydrogen) atoms. The second kappa shape index (κ2) is 12.5. The molecule has 4 aromatic rings. The number of carboxylic acid groups (broad SMARTS) is 1. The molecular weight excluding hydrogens is 672 g/mol. The highest BCUT2D eigenvalue weighted by Crippen LogP contribution is 2.42. The van der Waals surface area contributed by atoms with Gasteiger partial charge >= 0.3 is 18.2 Å². The lowest BCUT2D eigenvalue weighted by atomic mass is 9.95. The molecule has 262 valence electrons. The lowest BCUT2D eigenvalue weighted by Gasteiger charge is -2.38. The number of nitrogens with zero attached hydrogens (tertiary/aromatic N) is 5. The number of ether oxygens (including phenoxy) is 2. The molecule has 2 aliphatic rings. The first-order valence-electron chi connectivity index (χ1n) is 15.2. The van der Waals surface area contributed by atoms with Crippen LogP contribution < -0.4 is 9.64 Å². The van der Waals surface area contributed by atoms with Gasteiger partial charge in [-0.3, -0.25) is 4.90 Å². The second-order valence-electron chi connectivity index (χ2n) is 12.3. The topological polar surface area (TPSA) is 118 Å². The Kier molecular flexibility index (Phi) is 8.60. The molecule has 2 aromatic carbocycles. The molecule has 0 radical (unpaired) electrons. The lowest BCUT2D eigenvalue weighted by molar-refractivity contribution is -0.137. The molecule has 2 atom stereocenters. The van der Waals surface area contributed by atoms with E-state index in [1.165, 1.54) is 54.4 Å². The average Bonchev–Trinajstić information content (AvgIpc) is 3.31. The van der Waals surface area contributed by atoms with Gasteiger partial charge in [0, 0.05) is 40.7 Å². The van der Waals surface area contributed by atoms with E-state index in [-0.39, 0.29) is 57.4 Å². The molecule has 6 rings (SSSR count). The number of aromatic carboxylic acids is 1. The number of methoxy groups -OCH3 is 1. The fraction of sp³-hybridized carbons (Fsp3) is 0.324. The molecule has 2 fully saturated rings. The maximum atomic E-state index is 15.5. The van der Waals surface area contributed by atoms with Gasteiger partial charge in [0.15, 0.2) is 0 Å². The van der Waals surface area contributed by atoms with Crippen LogP contribution in [0.4, 0.5) is 37.1 Å². The minimum absolute atomic E-state index is 0.0223. The zero-order valence-electron chi connectivity index (χ0n) is 27.0. The number of aromatic nitrogens is 3. The number of hydrogen-bond donors (Lipinski definition) is 1. The van der Waals surface area contributed by atoms with Crippen molar-refractivity contribution in [2.75, 3.05) is 25.1 Å². The number of carbonyl (C=O) groups is 2. The summed E-state index contributed by atoms with van der Waals surface area (Å²) in [6, 6.07) is 6.40. The van der Waals surface area contributed by atoms with Crippen LogP contribution in [0.5, 0.6) is 5.75 Å². The first-order chi connectivity index (χ1) is 23.5. The Balaban J connectivity index is 1.43. The summed E-state index contributed by atoms with van der Waals surface area (Å²) in [6.45, 7) is 3.08. The summed E-state index contributed by atoms with van der Waals surface area (Å²) >= 11 is 0. The minimum Gasteiger partial charge on any atom is -0.496 e. The maximum absolute atomic E-state index is 15.5. The first-order valence-corrected chi connectivity index (χ1v) is 15.2. The van der Waals surface area contributed by atoms with Gasteiger partial charge < -0.3 is 19.5 Å². The van der Waals surface area contributed by atoms with Gasteiger partial charge in [-0.2, -0.15) is 13.2 Å². The zero-order valence-corrected chi connectivity index (χ0v) is 27.0. The molecule has 4 heterocycles. The van der Waals surface area contributed by atoms with Crippen LogP contribution in [0.2, 0.25) is 0 Å². The van der Waals surface area contributed by atoms with Gasteiger partial charge in [-0.25, -0.2) is 37.7 Å². The zero-order chi connectivity index (χ0) is 36.3. The highest BCUT2D eigenvalue weighted by molar-refractivity contribution is 5.87. The summed E-state index contributed by atoms with van der Waals surface area (Å²) in [4.78, 5) is 39.9. The third-order valence-corrected chi connectivity index (χ3v) is 8.65. The number of benzene rings is 2. The second-order valence-corrected chi connectivity index (χ2v) is 12.3. The molecule has 1 amide bonds. The van der Waals surface area contributed by atoms with Gasteiger partial charge in [-0.1, -0.05) is 11.6 Å². The Morgan fingerprint density at radius 1 is 1.02 bits per heavy atom. The van der Waals surface area contributed by atoms with Gasteiger partial charge in [0.25, 0.3) is 5.92 Å². The van der Waals surface area contributed by atoms with E-state index >= 15 is 4.39 Å². The van der Waals surface area contributed by atoms with Crippen molar-refractivity contribution in [2.24, 2.45) is 0 Å². The molecule has 10 nitrogen and oxygen atoms in total. The number of rotatable bonds is 8. The SMILES string of the molecule is COc1cc(F)c(-c2cnc(C(=O)O)cc2C)cc1-c1cnc(N2CC(F)(F)C2)nc1CN1C(=O)OC(c2cc(C)cc(C(F)(F)F)c2)[C@@H]1C. The number of anilines is 1. The standard InChI is InChI=1S/C34H29F6N5O5/c1-16-5-19(8-20(6-16)34(38,39)40)29-18(3)45(32(48)50-29)13-27-24(12-42-31(43-27)44-14-33(36,37)15-44)22-9-21(25(35)10-28(22)49-4)23-11-41-26(30(46)47)7-17(23)2/h5-12,18,29H,13-15H2,1-4H3,(H,46,47)/t18-,29?/m0/s1. The summed E-state index contributed by atoms with van der Waals surface area (Å²) in [5.41, 5.74) is 0.603. The summed E-state index contributed by atoms with van der Waals surface area (Å²) in [7, 11) is 1.30. The van der Waals surface area contributed by atoms with Crippen LogP contribution in [-0.2, 0) is 17.5 Å². The molecule has 2 aromatic heterocycles. The Hall–Kier alpha value is -5.41. The van der Waals surface area contributed by atoms with Crippen LogP contribution in [0.1, 0.15) is 51.5 Å². The van der Waals surface area contributed by atoms with E-state index in [4.69, 9.17) is 9.47 Å². The van der Waals surface area contributed by atoms with Crippen molar-refractivity contribution in [2.45, 2.75) is 51.6 Å². The maximum Gasteiger partial charge on any atom is 0.416 e. The largest absolute Gasteiger partial charge is 0.496 e. The Morgan fingerprint density at radius 3 is 2.34 bits per heavy atom. The first kappa shape index (κ1) is 34.5. The van der Waals surface area contributed by atoms with Gasteiger partial charge in [0.1, 0.15) is 23.4 Å². The van der Waals surface area contributed by atoms with Gasteiger partial charge in [-0.15, -0.1) is 0 Å². The molecular formula is C34H29F6N5O5. The number of halogens is 6. The molecule has 0 bridgehead atoms. The van der Waals surface area contributed by atoms with Crippen molar-refractivity contribution >= 4 is 18.0 Å². The van der Waals surface area contributed by atoms with E-state index in [2.05, 4.69) is 15.0 Å². The smallest absolute Gasteiger partial charge is 0.416 e. The van der Waals surface area contributed by atoms with Crippen molar-refractivity contribution < 1.29 is 50.5 Å². The minimum atomic E-state index is -4.63. The highest BCUT2D eigenvalue weighted by Gasteiger charge is 2.46. The Labute approximate surface area is 281 Å². The quantitative estimate of drug-likeness (QED) is 0.190. The predicted molar refractivity (Wildman–Crippen MR) is 166 cm³/mol. The summed E-state index contributed by atoms with van der Waals surface area (Å²) in [5, 5.41) is 9.33. The van der Waals surface area contributed by atoms with Crippen LogP contribution in [-0.4, -0.2) is 69.2 Å². The Morgan fingerprint density at radius 2 is 1.72 bits per heavy atom. The van der Waals surface area contributed by atoms with Crippen molar-refractivity contribution in [3.05, 3.63) is 88.3 Å². The third kappa shape index (κ3) is 6.48. The number of hydrogen-bond acceptors (Lipinski definition) is 8. The normalized spacial score (nSPS) is 18.6. The van der Waals surface area contributed by atoms with E-state index in [0.29, 0.717) is 11.1 Å². The van der Waals surface area contributed by atoms with Gasteiger partial charge in [-0.05, 0) is 56.2 Å². The van der Waals surface area contributed by atoms with Crippen LogP contribution in [0.25, 0.3) is 22.3 Å². The number of amides is 1. The molecule has 2 saturated heterocycles. The molecule has 2 aliphatic heterocycles. The van der Waals surface area contributed by atoms with E-state index in [0.717, 1.165) is 18.2 Å². The highest BCUT2D eigenvalue weighted by atomic mass is 19.4. The lowest BCUT2D eigenvalue weighted by Crippen LogP contribution is -2.57. The van der Waals surface area contributed by atoms with Gasteiger partial charge in [0.2, 0.25) is 5.95 Å². The van der Waals surface area contributed by atoms with E-state index < -0.39 is 60.8 Å². The monoisotopic (exact) mass is 701 g/mol. The number of alkyl halides is 5. The number of carbonyl (C=O) groups excluding carboxylic acids is 1. The summed E-state index contributed by atoms with van der Waals surface area (Å²) in [6.07, 6.45) is -4.03. The number of cyclic esters (lactones) is 1. The van der Waals surface area contributed by atoms with E-state index in [1.54, 1.807) is 13.8 Å². The van der Waals surface area contributed by atoms with Crippen LogP contribution >= 0.6 is 0 Å². The molecule has 16 heteroatoms. The number of pyridine rings is 1. The molecule has 0 saturated carbocycles. The molecule has 1 N–H and O–H groups in total. The summed E-state index contributed by atoms with van der Waals surface area (Å²) < 4.78 is 95.0.